The van der Waals surface area contributed by atoms with Crippen LogP contribution in [0.2, 0.25) is 0 Å². The SMILES string of the molecule is CC(C)CN(CC[C@H](Cc1ccccc1)NC(=O)O)C(=O)OCc1ccccc1. The Morgan fingerprint density at radius 3 is 2.14 bits per heavy atom. The lowest BCUT2D eigenvalue weighted by atomic mass is 10.0. The second-order valence-corrected chi connectivity index (χ2v) is 7.50. The molecule has 2 N–H and O–H groups in total. The quantitative estimate of drug-likeness (QED) is 0.615. The minimum Gasteiger partial charge on any atom is -0.465 e. The van der Waals surface area contributed by atoms with Crippen LogP contribution < -0.4 is 5.32 Å². The number of ether oxygens (including phenoxy) is 1. The molecule has 0 aromatic heterocycles. The monoisotopic (exact) mass is 398 g/mol. The zero-order valence-electron chi connectivity index (χ0n) is 17.1. The molecule has 0 fully saturated rings. The van der Waals surface area contributed by atoms with E-state index in [9.17, 15) is 14.7 Å². The van der Waals surface area contributed by atoms with E-state index in [1.165, 1.54) is 0 Å². The van der Waals surface area contributed by atoms with Crippen LogP contribution in [0.15, 0.2) is 60.7 Å². The highest BCUT2D eigenvalue weighted by molar-refractivity contribution is 5.67. The van der Waals surface area contributed by atoms with Gasteiger partial charge in [-0.1, -0.05) is 74.5 Å². The molecular formula is C23H30N2O4. The Morgan fingerprint density at radius 1 is 1.00 bits per heavy atom. The molecule has 0 aliphatic rings. The fraction of sp³-hybridized carbons (Fsp3) is 0.391. The topological polar surface area (TPSA) is 78.9 Å². The second kappa shape index (κ2) is 11.7. The van der Waals surface area contributed by atoms with Gasteiger partial charge in [0.05, 0.1) is 0 Å². The molecule has 0 radical (unpaired) electrons. The van der Waals surface area contributed by atoms with Crippen LogP contribution in [-0.2, 0) is 17.8 Å². The van der Waals surface area contributed by atoms with Gasteiger partial charge >= 0.3 is 12.2 Å². The van der Waals surface area contributed by atoms with E-state index in [1.807, 2.05) is 74.5 Å². The minimum absolute atomic E-state index is 0.217. The predicted octanol–water partition coefficient (Wildman–Crippen LogP) is 4.55. The van der Waals surface area contributed by atoms with E-state index in [1.54, 1.807) is 4.90 Å². The number of hydrogen-bond donors (Lipinski definition) is 2. The summed E-state index contributed by atoms with van der Waals surface area (Å²) >= 11 is 0. The van der Waals surface area contributed by atoms with Crippen LogP contribution in [0.4, 0.5) is 9.59 Å². The van der Waals surface area contributed by atoms with Gasteiger partial charge in [0.25, 0.3) is 0 Å². The van der Waals surface area contributed by atoms with Crippen LogP contribution in [0, 0.1) is 5.92 Å². The standard InChI is InChI=1S/C23H30N2O4/c1-18(2)16-25(23(28)29-17-20-11-7-4-8-12-20)14-13-21(24-22(26)27)15-19-9-5-3-6-10-19/h3-12,18,21,24H,13-17H2,1-2H3,(H,26,27)/t21-/m1/s1. The second-order valence-electron chi connectivity index (χ2n) is 7.50. The lowest BCUT2D eigenvalue weighted by Crippen LogP contribution is -2.41. The Hall–Kier alpha value is -3.02. The maximum atomic E-state index is 12.6. The highest BCUT2D eigenvalue weighted by Gasteiger charge is 2.20. The molecule has 0 aliphatic heterocycles. The molecule has 6 nitrogen and oxygen atoms in total. The molecule has 0 spiro atoms. The zero-order chi connectivity index (χ0) is 21.1. The normalized spacial score (nSPS) is 11.7. The van der Waals surface area contributed by atoms with E-state index >= 15 is 0 Å². The first kappa shape index (κ1) is 22.3. The lowest BCUT2D eigenvalue weighted by molar-refractivity contribution is 0.0903. The lowest BCUT2D eigenvalue weighted by Gasteiger charge is -2.26. The van der Waals surface area contributed by atoms with Gasteiger partial charge in [0.1, 0.15) is 6.61 Å². The minimum atomic E-state index is -1.06. The maximum absolute atomic E-state index is 12.6. The summed E-state index contributed by atoms with van der Waals surface area (Å²) in [5.74, 6) is 0.277. The molecule has 0 unspecified atom stereocenters. The van der Waals surface area contributed by atoms with Gasteiger partial charge in [-0.3, -0.25) is 0 Å². The highest BCUT2D eigenvalue weighted by atomic mass is 16.6. The summed E-state index contributed by atoms with van der Waals surface area (Å²) in [5.41, 5.74) is 1.98. The van der Waals surface area contributed by atoms with Crippen LogP contribution >= 0.6 is 0 Å². The number of benzene rings is 2. The predicted molar refractivity (Wildman–Crippen MR) is 113 cm³/mol. The van der Waals surface area contributed by atoms with E-state index < -0.39 is 6.09 Å². The van der Waals surface area contributed by atoms with Gasteiger partial charge in [-0.2, -0.15) is 0 Å². The van der Waals surface area contributed by atoms with Crippen molar-refractivity contribution in [1.82, 2.24) is 10.2 Å². The Morgan fingerprint density at radius 2 is 1.59 bits per heavy atom. The van der Waals surface area contributed by atoms with Gasteiger partial charge in [0.2, 0.25) is 0 Å². The number of amides is 2. The molecule has 156 valence electrons. The summed E-state index contributed by atoms with van der Waals surface area (Å²) in [7, 11) is 0. The van der Waals surface area contributed by atoms with Gasteiger partial charge in [-0.25, -0.2) is 9.59 Å². The first-order valence-electron chi connectivity index (χ1n) is 9.93. The summed E-state index contributed by atoms with van der Waals surface area (Å²) in [6, 6.07) is 19.0. The van der Waals surface area contributed by atoms with E-state index in [2.05, 4.69) is 5.32 Å². The smallest absolute Gasteiger partial charge is 0.410 e. The van der Waals surface area contributed by atoms with Gasteiger partial charge in [0.15, 0.2) is 0 Å². The summed E-state index contributed by atoms with van der Waals surface area (Å²) in [4.78, 5) is 25.5. The molecule has 0 aliphatic carbocycles. The van der Waals surface area contributed by atoms with E-state index in [-0.39, 0.29) is 24.7 Å². The van der Waals surface area contributed by atoms with Gasteiger partial charge in [0, 0.05) is 19.1 Å². The number of carbonyl (C=O) groups excluding carboxylic acids is 1. The fourth-order valence-corrected chi connectivity index (χ4v) is 3.12. The van der Waals surface area contributed by atoms with Crippen molar-refractivity contribution in [3.05, 3.63) is 71.8 Å². The average Bonchev–Trinajstić information content (AvgIpc) is 2.70. The van der Waals surface area contributed by atoms with Crippen LogP contribution in [0.5, 0.6) is 0 Å². The van der Waals surface area contributed by atoms with Gasteiger partial charge in [-0.15, -0.1) is 0 Å². The number of hydrogen-bond acceptors (Lipinski definition) is 3. The van der Waals surface area contributed by atoms with E-state index in [4.69, 9.17) is 4.74 Å². The molecule has 0 bridgehead atoms. The van der Waals surface area contributed by atoms with Crippen LogP contribution in [-0.4, -0.2) is 41.3 Å². The van der Waals surface area contributed by atoms with E-state index in [0.717, 1.165) is 11.1 Å². The number of carboxylic acid groups (broad SMARTS) is 1. The third-order valence-electron chi connectivity index (χ3n) is 4.45. The van der Waals surface area contributed by atoms with Crippen LogP contribution in [0.1, 0.15) is 31.4 Å². The largest absolute Gasteiger partial charge is 0.465 e. The van der Waals surface area contributed by atoms with Gasteiger partial charge < -0.3 is 20.1 Å². The third-order valence-corrected chi connectivity index (χ3v) is 4.45. The summed E-state index contributed by atoms with van der Waals surface area (Å²) in [6.07, 6.45) is -0.361. The summed E-state index contributed by atoms with van der Waals surface area (Å²) in [6.45, 7) is 5.26. The number of rotatable bonds is 10. The Labute approximate surface area is 172 Å². The third kappa shape index (κ3) is 8.68. The molecule has 0 saturated heterocycles. The molecule has 1 atom stereocenters. The number of carbonyl (C=O) groups is 2. The molecule has 0 saturated carbocycles. The fourth-order valence-electron chi connectivity index (χ4n) is 3.12. The first-order chi connectivity index (χ1) is 13.9. The van der Waals surface area contributed by atoms with E-state index in [0.29, 0.717) is 25.9 Å². The number of nitrogens with one attached hydrogen (secondary N) is 1. The first-order valence-corrected chi connectivity index (χ1v) is 9.93. The average molecular weight is 399 g/mol. The molecular weight excluding hydrogens is 368 g/mol. The van der Waals surface area contributed by atoms with Crippen molar-refractivity contribution in [3.8, 4) is 0 Å². The maximum Gasteiger partial charge on any atom is 0.410 e. The van der Waals surface area contributed by atoms with Crippen LogP contribution in [0.3, 0.4) is 0 Å². The molecule has 2 amide bonds. The molecule has 2 aromatic carbocycles. The van der Waals surface area contributed by atoms with Crippen molar-refractivity contribution >= 4 is 12.2 Å². The van der Waals surface area contributed by atoms with Crippen molar-refractivity contribution in [1.29, 1.82) is 0 Å². The Bertz CT molecular complexity index is 750. The Kier molecular flexibility index (Phi) is 9.02. The van der Waals surface area contributed by atoms with Crippen molar-refractivity contribution in [2.45, 2.75) is 39.3 Å². The molecule has 2 rings (SSSR count). The summed E-state index contributed by atoms with van der Waals surface area (Å²) < 4.78 is 5.47. The van der Waals surface area contributed by atoms with Crippen molar-refractivity contribution in [2.24, 2.45) is 5.92 Å². The van der Waals surface area contributed by atoms with Crippen LogP contribution in [0.25, 0.3) is 0 Å². The molecule has 2 aromatic rings. The molecule has 6 heteroatoms. The van der Waals surface area contributed by atoms with Crippen molar-refractivity contribution in [2.75, 3.05) is 13.1 Å². The summed E-state index contributed by atoms with van der Waals surface area (Å²) in [5, 5.41) is 11.7. The zero-order valence-corrected chi connectivity index (χ0v) is 17.1. The Balaban J connectivity index is 1.96. The highest BCUT2D eigenvalue weighted by Crippen LogP contribution is 2.11. The van der Waals surface area contributed by atoms with Gasteiger partial charge in [-0.05, 0) is 29.9 Å². The molecule has 0 heterocycles. The van der Waals surface area contributed by atoms with Crippen molar-refractivity contribution in [3.63, 3.8) is 0 Å². The molecule has 29 heavy (non-hydrogen) atoms. The van der Waals surface area contributed by atoms with Crippen molar-refractivity contribution < 1.29 is 19.4 Å². The number of nitrogens with zero attached hydrogens (tertiary/aromatic N) is 1.